The molecule has 0 saturated carbocycles. The monoisotopic (exact) mass is 462 g/mol. The van der Waals surface area contributed by atoms with Gasteiger partial charge in [-0.3, -0.25) is 14.5 Å². The molecule has 0 spiro atoms. The molecule has 3 aromatic carbocycles. The van der Waals surface area contributed by atoms with Crippen LogP contribution in [0, 0.1) is 18.6 Å². The zero-order chi connectivity index (χ0) is 23.3. The van der Waals surface area contributed by atoms with Crippen molar-refractivity contribution in [1.29, 1.82) is 0 Å². The smallest absolute Gasteiger partial charge is 0.301 e. The summed E-state index contributed by atoms with van der Waals surface area (Å²) in [5, 5.41) is 11.2. The second kappa shape index (κ2) is 7.90. The van der Waals surface area contributed by atoms with E-state index >= 15 is 0 Å². The Balaban J connectivity index is 1.73. The first-order valence-corrected chi connectivity index (χ1v) is 10.8. The van der Waals surface area contributed by atoms with Crippen LogP contribution in [0.1, 0.15) is 22.7 Å². The molecule has 164 valence electrons. The third-order valence-corrected chi connectivity index (χ3v) is 6.52. The van der Waals surface area contributed by atoms with Gasteiger partial charge in [0.1, 0.15) is 17.4 Å². The number of carbonyl (C=O) groups excluding carboxylic acids is 2. The zero-order valence-electron chi connectivity index (χ0n) is 17.3. The van der Waals surface area contributed by atoms with Gasteiger partial charge in [-0.05, 0) is 42.8 Å². The average molecular weight is 462 g/mol. The average Bonchev–Trinajstić information content (AvgIpc) is 3.32. The molecule has 1 saturated heterocycles. The van der Waals surface area contributed by atoms with Crippen LogP contribution in [-0.2, 0) is 9.59 Å². The SMILES string of the molecule is Cc1ccc(C(O)=C2C(=O)C(=O)N(c3nc4ccc(F)cc4s3)[C@H]2c2ccc(F)cc2)cc1. The Labute approximate surface area is 191 Å². The van der Waals surface area contributed by atoms with Crippen molar-refractivity contribution in [3.63, 3.8) is 0 Å². The zero-order valence-corrected chi connectivity index (χ0v) is 18.1. The number of ketones is 1. The van der Waals surface area contributed by atoms with Crippen LogP contribution in [0.5, 0.6) is 0 Å². The summed E-state index contributed by atoms with van der Waals surface area (Å²) in [5.41, 5.74) is 2.10. The fraction of sp³-hybridized carbons (Fsp3) is 0.0800. The number of fused-ring (bicyclic) bond motifs is 1. The van der Waals surface area contributed by atoms with Crippen LogP contribution in [0.3, 0.4) is 0 Å². The second-order valence-electron chi connectivity index (χ2n) is 7.70. The molecular weight excluding hydrogens is 446 g/mol. The van der Waals surface area contributed by atoms with E-state index in [2.05, 4.69) is 4.98 Å². The molecule has 1 aromatic heterocycles. The lowest BCUT2D eigenvalue weighted by Gasteiger charge is -2.23. The van der Waals surface area contributed by atoms with E-state index in [-0.39, 0.29) is 16.5 Å². The highest BCUT2D eigenvalue weighted by molar-refractivity contribution is 7.22. The molecule has 0 bridgehead atoms. The highest BCUT2D eigenvalue weighted by atomic mass is 32.1. The first kappa shape index (κ1) is 21.0. The molecule has 1 amide bonds. The number of hydrogen-bond acceptors (Lipinski definition) is 5. The Morgan fingerprint density at radius 2 is 1.64 bits per heavy atom. The Kier molecular flexibility index (Phi) is 5.02. The first-order valence-electron chi connectivity index (χ1n) is 10.0. The van der Waals surface area contributed by atoms with Gasteiger partial charge in [0.2, 0.25) is 0 Å². The van der Waals surface area contributed by atoms with Gasteiger partial charge < -0.3 is 5.11 Å². The number of hydrogen-bond donors (Lipinski definition) is 1. The third kappa shape index (κ3) is 3.58. The summed E-state index contributed by atoms with van der Waals surface area (Å²) in [6, 6.07) is 15.2. The molecule has 33 heavy (non-hydrogen) atoms. The molecular formula is C25H16F2N2O3S. The topological polar surface area (TPSA) is 70.5 Å². The maximum absolute atomic E-state index is 13.7. The van der Waals surface area contributed by atoms with Crippen molar-refractivity contribution in [1.82, 2.24) is 4.98 Å². The van der Waals surface area contributed by atoms with Crippen molar-refractivity contribution in [2.75, 3.05) is 4.90 Å². The lowest BCUT2D eigenvalue weighted by atomic mass is 9.95. The highest BCUT2D eigenvalue weighted by Crippen LogP contribution is 2.44. The van der Waals surface area contributed by atoms with E-state index in [1.807, 2.05) is 6.92 Å². The predicted molar refractivity (Wildman–Crippen MR) is 122 cm³/mol. The van der Waals surface area contributed by atoms with Crippen LogP contribution < -0.4 is 4.90 Å². The normalized spacial score (nSPS) is 17.8. The van der Waals surface area contributed by atoms with E-state index in [4.69, 9.17) is 0 Å². The summed E-state index contributed by atoms with van der Waals surface area (Å²) in [4.78, 5) is 31.9. The van der Waals surface area contributed by atoms with Crippen molar-refractivity contribution >= 4 is 44.1 Å². The molecule has 8 heteroatoms. The molecule has 1 fully saturated rings. The van der Waals surface area contributed by atoms with Gasteiger partial charge in [-0.1, -0.05) is 53.3 Å². The van der Waals surface area contributed by atoms with Crippen molar-refractivity contribution < 1.29 is 23.5 Å². The summed E-state index contributed by atoms with van der Waals surface area (Å²) >= 11 is 1.05. The van der Waals surface area contributed by atoms with Crippen LogP contribution in [0.4, 0.5) is 13.9 Å². The predicted octanol–water partition coefficient (Wildman–Crippen LogP) is 5.51. The van der Waals surface area contributed by atoms with Crippen LogP contribution in [0.15, 0.2) is 72.3 Å². The Bertz CT molecular complexity index is 1440. The van der Waals surface area contributed by atoms with E-state index in [9.17, 15) is 23.5 Å². The van der Waals surface area contributed by atoms with Crippen LogP contribution >= 0.6 is 11.3 Å². The maximum Gasteiger partial charge on any atom is 0.301 e. The lowest BCUT2D eigenvalue weighted by molar-refractivity contribution is -0.132. The fourth-order valence-corrected chi connectivity index (χ4v) is 4.86. The number of anilines is 1. The van der Waals surface area contributed by atoms with Gasteiger partial charge >= 0.3 is 5.91 Å². The van der Waals surface area contributed by atoms with Gasteiger partial charge in [0, 0.05) is 5.56 Å². The standard InChI is InChI=1S/C25H16F2N2O3S/c1-13-2-4-15(5-3-13)22(30)20-21(14-6-8-16(26)9-7-14)29(24(32)23(20)31)25-28-18-11-10-17(27)12-19(18)33-25/h2-12,21,30H,1H3/t21-/m0/s1. The van der Waals surface area contributed by atoms with Gasteiger partial charge in [0.25, 0.3) is 5.78 Å². The molecule has 1 atom stereocenters. The minimum atomic E-state index is -1.03. The summed E-state index contributed by atoms with van der Waals surface area (Å²) in [6.07, 6.45) is 0. The van der Waals surface area contributed by atoms with Crippen molar-refractivity contribution in [2.45, 2.75) is 13.0 Å². The quantitative estimate of drug-likeness (QED) is 0.248. The molecule has 5 nitrogen and oxygen atoms in total. The maximum atomic E-state index is 13.7. The second-order valence-corrected chi connectivity index (χ2v) is 8.70. The summed E-state index contributed by atoms with van der Waals surface area (Å²) in [5.74, 6) is -3.03. The molecule has 0 aliphatic carbocycles. The van der Waals surface area contributed by atoms with Gasteiger partial charge in [0.15, 0.2) is 5.13 Å². The number of nitrogens with zero attached hydrogens (tertiary/aromatic N) is 2. The number of amides is 1. The first-order chi connectivity index (χ1) is 15.8. The van der Waals surface area contributed by atoms with E-state index in [0.717, 1.165) is 16.9 Å². The molecule has 1 aliphatic heterocycles. The molecule has 1 N–H and O–H groups in total. The minimum Gasteiger partial charge on any atom is -0.507 e. The lowest BCUT2D eigenvalue weighted by Crippen LogP contribution is -2.29. The van der Waals surface area contributed by atoms with Crippen molar-refractivity contribution in [3.05, 3.63) is 101 Å². The fourth-order valence-electron chi connectivity index (χ4n) is 3.85. The molecule has 1 aliphatic rings. The van der Waals surface area contributed by atoms with Crippen molar-refractivity contribution in [2.24, 2.45) is 0 Å². The van der Waals surface area contributed by atoms with Crippen LogP contribution in [-0.4, -0.2) is 21.8 Å². The number of Topliss-reactive ketones (excluding diaryl/α,β-unsaturated/α-hetero) is 1. The Morgan fingerprint density at radius 3 is 2.33 bits per heavy atom. The third-order valence-electron chi connectivity index (χ3n) is 5.50. The number of benzene rings is 3. The van der Waals surface area contributed by atoms with E-state index in [1.54, 1.807) is 24.3 Å². The number of aliphatic hydroxyl groups excluding tert-OH is 1. The minimum absolute atomic E-state index is 0.124. The van der Waals surface area contributed by atoms with E-state index < -0.39 is 29.4 Å². The van der Waals surface area contributed by atoms with Crippen LogP contribution in [0.25, 0.3) is 16.0 Å². The number of aliphatic hydroxyl groups is 1. The number of rotatable bonds is 3. The van der Waals surface area contributed by atoms with Gasteiger partial charge in [0.05, 0.1) is 21.8 Å². The van der Waals surface area contributed by atoms with Gasteiger partial charge in [-0.15, -0.1) is 0 Å². The number of thiazole rings is 1. The number of halogens is 2. The summed E-state index contributed by atoms with van der Waals surface area (Å²) in [6.45, 7) is 1.89. The van der Waals surface area contributed by atoms with E-state index in [1.165, 1.54) is 47.4 Å². The van der Waals surface area contributed by atoms with Crippen LogP contribution in [0.2, 0.25) is 0 Å². The Morgan fingerprint density at radius 1 is 0.970 bits per heavy atom. The molecule has 0 unspecified atom stereocenters. The number of aromatic nitrogens is 1. The molecule has 5 rings (SSSR count). The summed E-state index contributed by atoms with van der Waals surface area (Å²) < 4.78 is 27.8. The molecule has 0 radical (unpaired) electrons. The number of aryl methyl sites for hydroxylation is 1. The Hall–Kier alpha value is -3.91. The summed E-state index contributed by atoms with van der Waals surface area (Å²) in [7, 11) is 0. The van der Waals surface area contributed by atoms with Gasteiger partial charge in [-0.2, -0.15) is 0 Å². The van der Waals surface area contributed by atoms with Crippen molar-refractivity contribution in [3.8, 4) is 0 Å². The number of carbonyl (C=O) groups is 2. The molecule has 4 aromatic rings. The molecule has 2 heterocycles. The van der Waals surface area contributed by atoms with E-state index in [0.29, 0.717) is 21.3 Å². The van der Waals surface area contributed by atoms with Gasteiger partial charge in [-0.25, -0.2) is 13.8 Å². The largest absolute Gasteiger partial charge is 0.507 e. The highest BCUT2D eigenvalue weighted by Gasteiger charge is 2.48.